The van der Waals surface area contributed by atoms with E-state index in [9.17, 15) is 9.59 Å². The summed E-state index contributed by atoms with van der Waals surface area (Å²) in [5.41, 5.74) is -0.429. The minimum absolute atomic E-state index is 0.146. The van der Waals surface area contributed by atoms with E-state index in [1.54, 1.807) is 20.8 Å². The summed E-state index contributed by atoms with van der Waals surface area (Å²) in [4.78, 5) is 23.0. The van der Waals surface area contributed by atoms with E-state index in [1.165, 1.54) is 6.07 Å². The average molecular weight is 270 g/mol. The topological polar surface area (TPSA) is 116 Å². The van der Waals surface area contributed by atoms with E-state index in [0.717, 1.165) is 0 Å². The fourth-order valence-corrected chi connectivity index (χ4v) is 1.17. The molecule has 0 aliphatic heterocycles. The molecule has 8 heteroatoms. The molecular weight excluding hydrogens is 252 g/mol. The summed E-state index contributed by atoms with van der Waals surface area (Å²) in [6.07, 6.45) is -0.652. The summed E-state index contributed by atoms with van der Waals surface area (Å²) in [5, 5.41) is 19.7. The van der Waals surface area contributed by atoms with Gasteiger partial charge in [0.05, 0.1) is 6.61 Å². The van der Waals surface area contributed by atoms with Crippen LogP contribution in [0.4, 0.5) is 10.6 Å². The largest absolute Gasteiger partial charge is 0.444 e. The predicted octanol–water partition coefficient (Wildman–Crippen LogP) is 0.479. The normalized spacial score (nSPS) is 10.9. The van der Waals surface area contributed by atoms with Crippen molar-refractivity contribution in [2.24, 2.45) is 0 Å². The molecule has 0 saturated heterocycles. The molecule has 0 atom stereocenters. The molecule has 1 rings (SSSR count). The Kier molecular flexibility index (Phi) is 4.87. The first-order valence-electron chi connectivity index (χ1n) is 5.76. The molecule has 8 nitrogen and oxygen atoms in total. The Morgan fingerprint density at radius 3 is 2.74 bits per heavy atom. The number of aromatic nitrogens is 2. The minimum atomic E-state index is -0.652. The number of anilines is 1. The van der Waals surface area contributed by atoms with Gasteiger partial charge in [0.15, 0.2) is 5.82 Å². The van der Waals surface area contributed by atoms with Gasteiger partial charge in [0.25, 0.3) is 5.91 Å². The van der Waals surface area contributed by atoms with Crippen molar-refractivity contribution in [1.29, 1.82) is 0 Å². The van der Waals surface area contributed by atoms with Gasteiger partial charge in [-0.3, -0.25) is 15.2 Å². The van der Waals surface area contributed by atoms with Crippen LogP contribution >= 0.6 is 0 Å². The molecule has 0 bridgehead atoms. The third-order valence-corrected chi connectivity index (χ3v) is 1.85. The first-order valence-corrected chi connectivity index (χ1v) is 5.76. The zero-order chi connectivity index (χ0) is 14.5. The number of carbonyl (C=O) groups is 2. The molecule has 4 N–H and O–H groups in total. The number of aliphatic hydroxyl groups excluding tert-OH is 1. The van der Waals surface area contributed by atoms with Crippen LogP contribution in [-0.4, -0.2) is 46.1 Å². The van der Waals surface area contributed by atoms with Crippen LogP contribution in [0.25, 0.3) is 0 Å². The van der Waals surface area contributed by atoms with Crippen LogP contribution in [0.3, 0.4) is 0 Å². The van der Waals surface area contributed by atoms with Crippen molar-refractivity contribution in [3.63, 3.8) is 0 Å². The number of aromatic amines is 1. The quantitative estimate of drug-likeness (QED) is 0.635. The van der Waals surface area contributed by atoms with Crippen molar-refractivity contribution >= 4 is 17.8 Å². The molecule has 1 aromatic rings. The molecule has 0 spiro atoms. The molecule has 1 heterocycles. The van der Waals surface area contributed by atoms with Crippen LogP contribution in [0.15, 0.2) is 6.07 Å². The molecule has 0 radical (unpaired) electrons. The van der Waals surface area contributed by atoms with Gasteiger partial charge in [0, 0.05) is 12.6 Å². The van der Waals surface area contributed by atoms with Gasteiger partial charge < -0.3 is 15.2 Å². The highest BCUT2D eigenvalue weighted by atomic mass is 16.6. The Bertz CT molecular complexity index is 450. The number of nitrogens with one attached hydrogen (secondary N) is 3. The highest BCUT2D eigenvalue weighted by molar-refractivity contribution is 5.94. The predicted molar refractivity (Wildman–Crippen MR) is 67.9 cm³/mol. The molecule has 0 aliphatic rings. The molecule has 0 saturated carbocycles. The van der Waals surface area contributed by atoms with Crippen molar-refractivity contribution in [1.82, 2.24) is 15.5 Å². The number of aliphatic hydroxyl groups is 1. The van der Waals surface area contributed by atoms with Crippen LogP contribution in [0, 0.1) is 0 Å². The van der Waals surface area contributed by atoms with Crippen molar-refractivity contribution in [3.8, 4) is 0 Å². The highest BCUT2D eigenvalue weighted by Crippen LogP contribution is 2.10. The molecule has 19 heavy (non-hydrogen) atoms. The van der Waals surface area contributed by atoms with Crippen LogP contribution in [0.1, 0.15) is 31.3 Å². The Labute approximate surface area is 110 Å². The van der Waals surface area contributed by atoms with Crippen molar-refractivity contribution in [2.75, 3.05) is 18.5 Å². The zero-order valence-electron chi connectivity index (χ0n) is 11.1. The SMILES string of the molecule is CC(C)(C)OC(=O)Nc1cc(C(=O)NCCO)[nH]n1. The number of carbonyl (C=O) groups excluding carboxylic acids is 2. The maximum atomic E-state index is 11.5. The van der Waals surface area contributed by atoms with Crippen molar-refractivity contribution < 1.29 is 19.4 Å². The first-order chi connectivity index (χ1) is 8.81. The lowest BCUT2D eigenvalue weighted by molar-refractivity contribution is 0.0635. The highest BCUT2D eigenvalue weighted by Gasteiger charge is 2.17. The van der Waals surface area contributed by atoms with Crippen LogP contribution in [0.5, 0.6) is 0 Å². The zero-order valence-corrected chi connectivity index (χ0v) is 11.1. The summed E-state index contributed by atoms with van der Waals surface area (Å²) in [5.74, 6) is -0.234. The number of hydrogen-bond donors (Lipinski definition) is 4. The van der Waals surface area contributed by atoms with E-state index in [-0.39, 0.29) is 24.7 Å². The first kappa shape index (κ1) is 15.0. The second kappa shape index (κ2) is 6.19. The monoisotopic (exact) mass is 270 g/mol. The Morgan fingerprint density at radius 2 is 2.16 bits per heavy atom. The Balaban J connectivity index is 2.55. The molecular formula is C11H18N4O4. The summed E-state index contributed by atoms with van der Waals surface area (Å²) < 4.78 is 5.04. The summed E-state index contributed by atoms with van der Waals surface area (Å²) in [6, 6.07) is 1.37. The van der Waals surface area contributed by atoms with Gasteiger partial charge in [-0.2, -0.15) is 5.10 Å². The van der Waals surface area contributed by atoms with Crippen LogP contribution in [0.2, 0.25) is 0 Å². The number of nitrogens with zero attached hydrogens (tertiary/aromatic N) is 1. The third-order valence-electron chi connectivity index (χ3n) is 1.85. The second-order valence-electron chi connectivity index (χ2n) is 4.77. The Morgan fingerprint density at radius 1 is 1.47 bits per heavy atom. The van der Waals surface area contributed by atoms with Gasteiger partial charge >= 0.3 is 6.09 Å². The number of rotatable bonds is 4. The fourth-order valence-electron chi connectivity index (χ4n) is 1.17. The number of H-pyrrole nitrogens is 1. The standard InChI is InChI=1S/C11H18N4O4/c1-11(2,3)19-10(18)13-8-6-7(14-15-8)9(17)12-4-5-16/h6,16H,4-5H2,1-3H3,(H,12,17)(H2,13,14,15,18). The van der Waals surface area contributed by atoms with E-state index in [2.05, 4.69) is 20.8 Å². The number of hydrogen-bond acceptors (Lipinski definition) is 5. The van der Waals surface area contributed by atoms with E-state index in [1.807, 2.05) is 0 Å². The van der Waals surface area contributed by atoms with E-state index >= 15 is 0 Å². The smallest absolute Gasteiger partial charge is 0.413 e. The van der Waals surface area contributed by atoms with Gasteiger partial charge in [-0.1, -0.05) is 0 Å². The van der Waals surface area contributed by atoms with Gasteiger partial charge in [0.2, 0.25) is 0 Å². The molecule has 0 unspecified atom stereocenters. The molecule has 0 aromatic carbocycles. The number of ether oxygens (including phenoxy) is 1. The molecule has 106 valence electrons. The van der Waals surface area contributed by atoms with Crippen molar-refractivity contribution in [2.45, 2.75) is 26.4 Å². The Hall–Kier alpha value is -2.09. The molecule has 0 fully saturated rings. The van der Waals surface area contributed by atoms with E-state index in [0.29, 0.717) is 0 Å². The number of amides is 2. The lowest BCUT2D eigenvalue weighted by atomic mass is 10.2. The van der Waals surface area contributed by atoms with Crippen molar-refractivity contribution in [3.05, 3.63) is 11.8 Å². The fraction of sp³-hybridized carbons (Fsp3) is 0.545. The lowest BCUT2D eigenvalue weighted by Crippen LogP contribution is -2.27. The summed E-state index contributed by atoms with van der Waals surface area (Å²) >= 11 is 0. The van der Waals surface area contributed by atoms with Crippen LogP contribution < -0.4 is 10.6 Å². The van der Waals surface area contributed by atoms with E-state index in [4.69, 9.17) is 9.84 Å². The molecule has 0 aliphatic carbocycles. The third kappa shape index (κ3) is 5.38. The van der Waals surface area contributed by atoms with Gasteiger partial charge in [-0.15, -0.1) is 0 Å². The van der Waals surface area contributed by atoms with Gasteiger partial charge in [0.1, 0.15) is 11.3 Å². The maximum absolute atomic E-state index is 11.5. The van der Waals surface area contributed by atoms with Gasteiger partial charge in [-0.05, 0) is 20.8 Å². The van der Waals surface area contributed by atoms with Gasteiger partial charge in [-0.25, -0.2) is 4.79 Å². The lowest BCUT2D eigenvalue weighted by Gasteiger charge is -2.18. The summed E-state index contributed by atoms with van der Waals surface area (Å²) in [7, 11) is 0. The van der Waals surface area contributed by atoms with E-state index < -0.39 is 17.6 Å². The van der Waals surface area contributed by atoms with Crippen LogP contribution in [-0.2, 0) is 4.74 Å². The maximum Gasteiger partial charge on any atom is 0.413 e. The average Bonchev–Trinajstić information content (AvgIpc) is 2.71. The minimum Gasteiger partial charge on any atom is -0.444 e. The molecule has 1 aromatic heterocycles. The summed E-state index contributed by atoms with van der Waals surface area (Å²) in [6.45, 7) is 5.22. The molecule has 2 amide bonds. The second-order valence-corrected chi connectivity index (χ2v) is 4.77.